The van der Waals surface area contributed by atoms with E-state index >= 15 is 0 Å². The highest BCUT2D eigenvalue weighted by atomic mass is 16.5. The summed E-state index contributed by atoms with van der Waals surface area (Å²) in [5, 5.41) is 21.6. The van der Waals surface area contributed by atoms with E-state index in [2.05, 4.69) is 20.4 Å². The summed E-state index contributed by atoms with van der Waals surface area (Å²) in [6, 6.07) is 0. The molecule has 0 radical (unpaired) electrons. The molecule has 26 heavy (non-hydrogen) atoms. The molecule has 146 valence electrons. The fraction of sp³-hybridized carbons (Fsp3) is 0.773. The van der Waals surface area contributed by atoms with Crippen LogP contribution < -0.4 is 0 Å². The molecule has 0 saturated heterocycles. The molecule has 0 aromatic carbocycles. The first-order chi connectivity index (χ1) is 12.3. The lowest BCUT2D eigenvalue weighted by molar-refractivity contribution is -0.165. The van der Waals surface area contributed by atoms with Crippen molar-refractivity contribution in [3.63, 3.8) is 0 Å². The topological polar surface area (TPSA) is 66.8 Å². The van der Waals surface area contributed by atoms with Crippen molar-refractivity contribution in [3.8, 4) is 0 Å². The summed E-state index contributed by atoms with van der Waals surface area (Å²) < 4.78 is 5.66. The Morgan fingerprint density at radius 3 is 2.73 bits per heavy atom. The molecule has 0 aromatic heterocycles. The summed E-state index contributed by atoms with van der Waals surface area (Å²) in [6.07, 6.45) is 5.54. The maximum absolute atomic E-state index is 11.7. The predicted molar refractivity (Wildman–Crippen MR) is 101 cm³/mol. The number of carbonyl (C=O) groups excluding carboxylic acids is 1. The van der Waals surface area contributed by atoms with Gasteiger partial charge < -0.3 is 14.9 Å². The second-order valence-corrected chi connectivity index (χ2v) is 8.89. The number of hydrogen-bond donors (Lipinski definition) is 2. The van der Waals surface area contributed by atoms with Crippen LogP contribution in [0.5, 0.6) is 0 Å². The van der Waals surface area contributed by atoms with Crippen molar-refractivity contribution in [3.05, 3.63) is 23.3 Å². The Kier molecular flexibility index (Phi) is 5.64. The summed E-state index contributed by atoms with van der Waals surface area (Å²) in [7, 11) is 0. The van der Waals surface area contributed by atoms with Gasteiger partial charge in [-0.3, -0.25) is 4.79 Å². The van der Waals surface area contributed by atoms with Gasteiger partial charge in [0.05, 0.1) is 18.1 Å². The molecule has 1 fully saturated rings. The van der Waals surface area contributed by atoms with E-state index in [-0.39, 0.29) is 24.4 Å². The van der Waals surface area contributed by atoms with Gasteiger partial charge >= 0.3 is 5.97 Å². The summed E-state index contributed by atoms with van der Waals surface area (Å²) in [5.41, 5.74) is 3.01. The lowest BCUT2D eigenvalue weighted by Gasteiger charge is -2.47. The molecule has 3 rings (SSSR count). The van der Waals surface area contributed by atoms with Crippen LogP contribution in [-0.2, 0) is 9.53 Å². The Hall–Kier alpha value is -1.13. The Bertz CT molecular complexity index is 607. The van der Waals surface area contributed by atoms with Crippen LogP contribution in [-0.4, -0.2) is 35.0 Å². The molecule has 0 spiro atoms. The number of hydrogen-bond acceptors (Lipinski definition) is 4. The Morgan fingerprint density at radius 2 is 2.08 bits per heavy atom. The highest BCUT2D eigenvalue weighted by Crippen LogP contribution is 2.60. The monoisotopic (exact) mass is 362 g/mol. The van der Waals surface area contributed by atoms with E-state index in [4.69, 9.17) is 4.74 Å². The number of esters is 1. The molecule has 6 unspecified atom stereocenters. The zero-order valence-electron chi connectivity index (χ0n) is 16.5. The number of ether oxygens (including phenoxy) is 1. The number of aliphatic hydroxyl groups is 2. The first kappa shape index (κ1) is 19.6. The van der Waals surface area contributed by atoms with Crippen molar-refractivity contribution in [2.75, 3.05) is 6.61 Å². The standard InChI is InChI=1S/C22H34O4/c1-13-6-5-7-14(2)18-11-20(26-16(4)24)22(12-23)19(25)10-17(9-8-13)15(3)21(18)22/h13,18-21,23,25H,2,5-12H2,1,3-4H3. The van der Waals surface area contributed by atoms with Gasteiger partial charge in [0.2, 0.25) is 0 Å². The first-order valence-electron chi connectivity index (χ1n) is 10.1. The molecule has 2 bridgehead atoms. The molecule has 3 aliphatic carbocycles. The zero-order chi connectivity index (χ0) is 19.1. The fourth-order valence-electron chi connectivity index (χ4n) is 5.89. The van der Waals surface area contributed by atoms with E-state index in [0.717, 1.165) is 25.7 Å². The zero-order valence-corrected chi connectivity index (χ0v) is 16.5. The first-order valence-corrected chi connectivity index (χ1v) is 10.1. The summed E-state index contributed by atoms with van der Waals surface area (Å²) in [4.78, 5) is 11.7. The molecule has 0 amide bonds. The van der Waals surface area contributed by atoms with Crippen molar-refractivity contribution in [1.82, 2.24) is 0 Å². The summed E-state index contributed by atoms with van der Waals surface area (Å²) >= 11 is 0. The van der Waals surface area contributed by atoms with Crippen LogP contribution in [0.15, 0.2) is 23.3 Å². The van der Waals surface area contributed by atoms with Gasteiger partial charge in [-0.1, -0.05) is 36.6 Å². The van der Waals surface area contributed by atoms with E-state index in [1.807, 2.05) is 0 Å². The second-order valence-electron chi connectivity index (χ2n) is 8.89. The molecule has 2 N–H and O–H groups in total. The number of allylic oxidation sites excluding steroid dienone is 2. The average Bonchev–Trinajstić information content (AvgIpc) is 2.91. The third-order valence-corrected chi connectivity index (χ3v) is 7.37. The third-order valence-electron chi connectivity index (χ3n) is 7.37. The van der Waals surface area contributed by atoms with E-state index in [0.29, 0.717) is 18.8 Å². The molecular formula is C22H34O4. The SMILES string of the molecule is C=C1CCCC(C)CCC2=C(C)C3C1CC(OC(C)=O)C3(CO)C(O)C2. The van der Waals surface area contributed by atoms with E-state index < -0.39 is 17.6 Å². The Balaban J connectivity index is 2.08. The van der Waals surface area contributed by atoms with Crippen molar-refractivity contribution in [2.24, 2.45) is 23.2 Å². The minimum Gasteiger partial charge on any atom is -0.462 e. The van der Waals surface area contributed by atoms with Crippen molar-refractivity contribution in [2.45, 2.75) is 77.9 Å². The maximum atomic E-state index is 11.7. The van der Waals surface area contributed by atoms with E-state index in [1.165, 1.54) is 30.1 Å². The van der Waals surface area contributed by atoms with Gasteiger partial charge in [-0.2, -0.15) is 0 Å². The minimum atomic E-state index is -0.799. The van der Waals surface area contributed by atoms with Gasteiger partial charge in [-0.15, -0.1) is 0 Å². The lowest BCUT2D eigenvalue weighted by Crippen LogP contribution is -2.53. The summed E-state index contributed by atoms with van der Waals surface area (Å²) in [6.45, 7) is 10.1. The molecule has 1 saturated carbocycles. The minimum absolute atomic E-state index is 0.0107. The molecule has 4 heteroatoms. The third kappa shape index (κ3) is 3.16. The summed E-state index contributed by atoms with van der Waals surface area (Å²) in [5.74, 6) is 0.500. The Labute approximate surface area is 157 Å². The van der Waals surface area contributed by atoms with E-state index in [9.17, 15) is 15.0 Å². The largest absolute Gasteiger partial charge is 0.462 e. The normalized spacial score (nSPS) is 41.0. The van der Waals surface area contributed by atoms with Gasteiger partial charge in [-0.05, 0) is 57.3 Å². The highest BCUT2D eigenvalue weighted by Gasteiger charge is 2.62. The molecule has 3 aliphatic rings. The number of carbonyl (C=O) groups is 1. The number of rotatable bonds is 2. The van der Waals surface area contributed by atoms with Crippen LogP contribution in [0.1, 0.15) is 65.7 Å². The van der Waals surface area contributed by atoms with Crippen LogP contribution in [0, 0.1) is 23.2 Å². The number of aliphatic hydroxyl groups excluding tert-OH is 2. The molecule has 4 nitrogen and oxygen atoms in total. The molecule has 0 heterocycles. The Morgan fingerprint density at radius 1 is 1.35 bits per heavy atom. The molecular weight excluding hydrogens is 328 g/mol. The lowest BCUT2D eigenvalue weighted by atomic mass is 9.61. The fourth-order valence-corrected chi connectivity index (χ4v) is 5.89. The molecule has 6 atom stereocenters. The second kappa shape index (κ2) is 7.47. The van der Waals surface area contributed by atoms with Crippen molar-refractivity contribution >= 4 is 5.97 Å². The van der Waals surface area contributed by atoms with E-state index in [1.54, 1.807) is 0 Å². The maximum Gasteiger partial charge on any atom is 0.302 e. The highest BCUT2D eigenvalue weighted by molar-refractivity contribution is 5.66. The smallest absolute Gasteiger partial charge is 0.302 e. The van der Waals surface area contributed by atoms with Gasteiger partial charge in [0.25, 0.3) is 0 Å². The van der Waals surface area contributed by atoms with Crippen molar-refractivity contribution < 1.29 is 19.7 Å². The van der Waals surface area contributed by atoms with Gasteiger partial charge in [0.15, 0.2) is 0 Å². The van der Waals surface area contributed by atoms with Crippen molar-refractivity contribution in [1.29, 1.82) is 0 Å². The van der Waals surface area contributed by atoms with Gasteiger partial charge in [0.1, 0.15) is 6.10 Å². The van der Waals surface area contributed by atoms with Crippen LogP contribution in [0.4, 0.5) is 0 Å². The molecule has 0 aliphatic heterocycles. The average molecular weight is 363 g/mol. The van der Waals surface area contributed by atoms with Crippen LogP contribution in [0.25, 0.3) is 0 Å². The van der Waals surface area contributed by atoms with Crippen LogP contribution >= 0.6 is 0 Å². The van der Waals surface area contributed by atoms with Crippen LogP contribution in [0.3, 0.4) is 0 Å². The predicted octanol–water partition coefficient (Wildman–Crippen LogP) is 3.77. The quantitative estimate of drug-likeness (QED) is 0.580. The van der Waals surface area contributed by atoms with Crippen LogP contribution in [0.2, 0.25) is 0 Å². The van der Waals surface area contributed by atoms with Gasteiger partial charge in [0, 0.05) is 12.8 Å². The van der Waals surface area contributed by atoms with Gasteiger partial charge in [-0.25, -0.2) is 0 Å². The molecule has 0 aromatic rings.